The van der Waals surface area contributed by atoms with E-state index in [2.05, 4.69) is 15.5 Å². The second-order valence-corrected chi connectivity index (χ2v) is 5.06. The van der Waals surface area contributed by atoms with Gasteiger partial charge in [0, 0.05) is 25.8 Å². The summed E-state index contributed by atoms with van der Waals surface area (Å²) >= 11 is 0. The van der Waals surface area contributed by atoms with Crippen molar-refractivity contribution in [2.45, 2.75) is 64.9 Å². The first-order valence-corrected chi connectivity index (χ1v) is 7.33. The number of hydrogen-bond acceptors (Lipinski definition) is 5. The van der Waals surface area contributed by atoms with Crippen LogP contribution in [0.5, 0.6) is 0 Å². The zero-order valence-electron chi connectivity index (χ0n) is 12.6. The molecule has 0 aliphatic carbocycles. The molecule has 1 amide bonds. The summed E-state index contributed by atoms with van der Waals surface area (Å²) in [5.74, 6) is 1.07. The largest absolute Gasteiger partial charge is 0.388 e. The Morgan fingerprint density at radius 3 is 2.60 bits per heavy atom. The van der Waals surface area contributed by atoms with Gasteiger partial charge in [-0.3, -0.25) is 4.79 Å². The lowest BCUT2D eigenvalue weighted by Gasteiger charge is -2.25. The Kier molecular flexibility index (Phi) is 6.64. The highest BCUT2D eigenvalue weighted by Gasteiger charge is 2.22. The Morgan fingerprint density at radius 1 is 1.30 bits per heavy atom. The summed E-state index contributed by atoms with van der Waals surface area (Å²) in [4.78, 5) is 15.9. The monoisotopic (exact) mass is 283 g/mol. The van der Waals surface area contributed by atoms with E-state index in [-0.39, 0.29) is 18.9 Å². The molecule has 114 valence electrons. The van der Waals surface area contributed by atoms with Crippen LogP contribution in [0.2, 0.25) is 0 Å². The van der Waals surface area contributed by atoms with Gasteiger partial charge >= 0.3 is 0 Å². The van der Waals surface area contributed by atoms with Gasteiger partial charge in [-0.15, -0.1) is 0 Å². The predicted octanol–water partition coefficient (Wildman–Crippen LogP) is 1.62. The number of aliphatic hydroxyl groups is 1. The fourth-order valence-corrected chi connectivity index (χ4v) is 1.79. The lowest BCUT2D eigenvalue weighted by atomic mass is 9.97. The summed E-state index contributed by atoms with van der Waals surface area (Å²) in [6.45, 7) is 6.14. The topological polar surface area (TPSA) is 88.2 Å². The SMILES string of the molecule is CCCc1noc(CCC(=O)NCC(O)(CC)CC)n1. The number of rotatable bonds is 9. The van der Waals surface area contributed by atoms with Crippen molar-refractivity contribution in [1.29, 1.82) is 0 Å². The summed E-state index contributed by atoms with van der Waals surface area (Å²) in [5.41, 5.74) is -0.811. The maximum absolute atomic E-state index is 11.7. The molecule has 0 radical (unpaired) electrons. The molecule has 20 heavy (non-hydrogen) atoms. The molecule has 0 fully saturated rings. The highest BCUT2D eigenvalue weighted by molar-refractivity contribution is 5.76. The summed E-state index contributed by atoms with van der Waals surface area (Å²) in [6, 6.07) is 0. The molecule has 0 aliphatic rings. The Morgan fingerprint density at radius 2 is 2.00 bits per heavy atom. The second kappa shape index (κ2) is 7.99. The fraction of sp³-hybridized carbons (Fsp3) is 0.786. The normalized spacial score (nSPS) is 11.6. The highest BCUT2D eigenvalue weighted by Crippen LogP contribution is 2.13. The molecular formula is C14H25N3O3. The third-order valence-corrected chi connectivity index (χ3v) is 3.48. The standard InChI is InChI=1S/C14H25N3O3/c1-4-7-11-16-13(20-17-11)9-8-12(18)15-10-14(19,5-2)6-3/h19H,4-10H2,1-3H3,(H,15,18). The first kappa shape index (κ1) is 16.6. The third kappa shape index (κ3) is 5.28. The first-order chi connectivity index (χ1) is 9.53. The molecule has 1 rings (SSSR count). The van der Waals surface area contributed by atoms with E-state index in [0.717, 1.165) is 12.8 Å². The number of aromatic nitrogens is 2. The highest BCUT2D eigenvalue weighted by atomic mass is 16.5. The van der Waals surface area contributed by atoms with Crippen LogP contribution in [0.1, 0.15) is 58.2 Å². The van der Waals surface area contributed by atoms with Crippen molar-refractivity contribution in [2.75, 3.05) is 6.54 Å². The van der Waals surface area contributed by atoms with E-state index < -0.39 is 5.60 Å². The maximum atomic E-state index is 11.7. The lowest BCUT2D eigenvalue weighted by molar-refractivity contribution is -0.122. The summed E-state index contributed by atoms with van der Waals surface area (Å²) in [5, 5.41) is 16.7. The molecule has 1 aromatic heterocycles. The third-order valence-electron chi connectivity index (χ3n) is 3.48. The van der Waals surface area contributed by atoms with Gasteiger partial charge in [-0.05, 0) is 19.3 Å². The molecule has 0 spiro atoms. The van der Waals surface area contributed by atoms with Crippen LogP contribution >= 0.6 is 0 Å². The second-order valence-electron chi connectivity index (χ2n) is 5.06. The van der Waals surface area contributed by atoms with E-state index in [0.29, 0.717) is 31.0 Å². The molecule has 0 atom stereocenters. The minimum absolute atomic E-state index is 0.111. The summed E-state index contributed by atoms with van der Waals surface area (Å²) in [7, 11) is 0. The van der Waals surface area contributed by atoms with Crippen LogP contribution in [0.15, 0.2) is 4.52 Å². The number of nitrogens with zero attached hydrogens (tertiary/aromatic N) is 2. The van der Waals surface area contributed by atoms with Crippen LogP contribution < -0.4 is 5.32 Å². The van der Waals surface area contributed by atoms with E-state index in [9.17, 15) is 9.90 Å². The Balaban J connectivity index is 2.32. The van der Waals surface area contributed by atoms with Crippen molar-refractivity contribution in [3.05, 3.63) is 11.7 Å². The first-order valence-electron chi connectivity index (χ1n) is 7.33. The molecule has 0 unspecified atom stereocenters. The van der Waals surface area contributed by atoms with Gasteiger partial charge in [0.25, 0.3) is 0 Å². The van der Waals surface area contributed by atoms with Crippen LogP contribution in [-0.4, -0.2) is 33.3 Å². The van der Waals surface area contributed by atoms with Gasteiger partial charge in [0.2, 0.25) is 11.8 Å². The molecule has 0 saturated carbocycles. The quantitative estimate of drug-likeness (QED) is 0.719. The zero-order valence-corrected chi connectivity index (χ0v) is 12.6. The number of carbonyl (C=O) groups is 1. The minimum atomic E-state index is -0.811. The van der Waals surface area contributed by atoms with E-state index in [1.54, 1.807) is 0 Å². The average Bonchev–Trinajstić information content (AvgIpc) is 2.90. The molecule has 0 aromatic carbocycles. The molecular weight excluding hydrogens is 258 g/mol. The number of amides is 1. The van der Waals surface area contributed by atoms with Gasteiger partial charge in [-0.2, -0.15) is 4.98 Å². The molecule has 0 saturated heterocycles. The summed E-state index contributed by atoms with van der Waals surface area (Å²) in [6.07, 6.45) is 3.71. The average molecular weight is 283 g/mol. The lowest BCUT2D eigenvalue weighted by Crippen LogP contribution is -2.42. The van der Waals surface area contributed by atoms with E-state index in [1.807, 2.05) is 20.8 Å². The van der Waals surface area contributed by atoms with Crippen molar-refractivity contribution in [2.24, 2.45) is 0 Å². The van der Waals surface area contributed by atoms with Crippen LogP contribution in [0.4, 0.5) is 0 Å². The molecule has 0 bridgehead atoms. The molecule has 6 heteroatoms. The number of nitrogens with one attached hydrogen (secondary N) is 1. The van der Waals surface area contributed by atoms with E-state index in [1.165, 1.54) is 0 Å². The number of aryl methyl sites for hydroxylation is 2. The Hall–Kier alpha value is -1.43. The smallest absolute Gasteiger partial charge is 0.227 e. The van der Waals surface area contributed by atoms with Gasteiger partial charge in [0.1, 0.15) is 0 Å². The molecule has 6 nitrogen and oxygen atoms in total. The van der Waals surface area contributed by atoms with Gasteiger partial charge in [-0.1, -0.05) is 25.9 Å². The van der Waals surface area contributed by atoms with Crippen molar-refractivity contribution in [3.63, 3.8) is 0 Å². The van der Waals surface area contributed by atoms with Crippen LogP contribution in [0, 0.1) is 0 Å². The van der Waals surface area contributed by atoms with E-state index in [4.69, 9.17) is 4.52 Å². The Bertz CT molecular complexity index is 414. The van der Waals surface area contributed by atoms with Gasteiger partial charge in [0.15, 0.2) is 5.82 Å². The van der Waals surface area contributed by atoms with Gasteiger partial charge in [-0.25, -0.2) is 0 Å². The van der Waals surface area contributed by atoms with Crippen molar-refractivity contribution < 1.29 is 14.4 Å². The van der Waals surface area contributed by atoms with Gasteiger partial charge < -0.3 is 14.9 Å². The number of hydrogen-bond donors (Lipinski definition) is 2. The van der Waals surface area contributed by atoms with Crippen molar-refractivity contribution >= 4 is 5.91 Å². The van der Waals surface area contributed by atoms with Gasteiger partial charge in [0.05, 0.1) is 5.60 Å². The zero-order chi connectivity index (χ0) is 15.0. The predicted molar refractivity (Wildman–Crippen MR) is 75.2 cm³/mol. The fourth-order valence-electron chi connectivity index (χ4n) is 1.79. The molecule has 1 heterocycles. The molecule has 0 aliphatic heterocycles. The minimum Gasteiger partial charge on any atom is -0.388 e. The molecule has 1 aromatic rings. The Labute approximate surface area is 120 Å². The molecule has 2 N–H and O–H groups in total. The van der Waals surface area contributed by atoms with Crippen molar-refractivity contribution in [3.8, 4) is 0 Å². The van der Waals surface area contributed by atoms with Crippen LogP contribution in [-0.2, 0) is 17.6 Å². The maximum Gasteiger partial charge on any atom is 0.227 e. The van der Waals surface area contributed by atoms with Crippen molar-refractivity contribution in [1.82, 2.24) is 15.5 Å². The number of carbonyl (C=O) groups excluding carboxylic acids is 1. The van der Waals surface area contributed by atoms with E-state index >= 15 is 0 Å². The summed E-state index contributed by atoms with van der Waals surface area (Å²) < 4.78 is 5.06. The van der Waals surface area contributed by atoms with Crippen LogP contribution in [0.25, 0.3) is 0 Å². The van der Waals surface area contributed by atoms with Crippen LogP contribution in [0.3, 0.4) is 0 Å².